The molecule has 0 saturated heterocycles. The van der Waals surface area contributed by atoms with E-state index >= 15 is 0 Å². The van der Waals surface area contributed by atoms with E-state index in [4.69, 9.17) is 19.3 Å². The zero-order valence-electron chi connectivity index (χ0n) is 43.2. The SMILES string of the molecule is CCCCCCCCCC/C=C\CCCCCCCCCCCCCC(=O)OC(COC(=O)CCCCCCCCCCCCCCCCCCCCCCCCCC)COP(=O)(O)O. The number of unbranched alkanes of at least 4 members (excludes halogenated alkanes) is 42. The number of phosphoric acid groups is 1. The van der Waals surface area contributed by atoms with Gasteiger partial charge in [-0.05, 0) is 38.5 Å². The van der Waals surface area contributed by atoms with Gasteiger partial charge in [-0.2, -0.15) is 0 Å². The van der Waals surface area contributed by atoms with Gasteiger partial charge in [0.2, 0.25) is 0 Å². The van der Waals surface area contributed by atoms with Crippen molar-refractivity contribution in [3.63, 3.8) is 0 Å². The van der Waals surface area contributed by atoms with E-state index in [1.807, 2.05) is 0 Å². The van der Waals surface area contributed by atoms with Crippen LogP contribution in [0.15, 0.2) is 12.2 Å². The highest BCUT2D eigenvalue weighted by Crippen LogP contribution is 2.36. The van der Waals surface area contributed by atoms with Crippen LogP contribution >= 0.6 is 7.82 Å². The molecule has 386 valence electrons. The van der Waals surface area contributed by atoms with E-state index < -0.39 is 32.5 Å². The lowest BCUT2D eigenvalue weighted by Gasteiger charge is -2.18. The van der Waals surface area contributed by atoms with Crippen molar-refractivity contribution in [3.8, 4) is 0 Å². The van der Waals surface area contributed by atoms with Crippen molar-refractivity contribution in [2.45, 2.75) is 322 Å². The van der Waals surface area contributed by atoms with Crippen molar-refractivity contribution >= 4 is 19.8 Å². The Kier molecular flexibility index (Phi) is 51.2. The van der Waals surface area contributed by atoms with E-state index in [1.54, 1.807) is 0 Å². The van der Waals surface area contributed by atoms with Crippen molar-refractivity contribution < 1.29 is 37.9 Å². The lowest BCUT2D eigenvalue weighted by atomic mass is 10.0. The van der Waals surface area contributed by atoms with Gasteiger partial charge in [-0.15, -0.1) is 0 Å². The number of allylic oxidation sites excluding steroid dienone is 2. The molecular weight excluding hydrogens is 832 g/mol. The van der Waals surface area contributed by atoms with Crippen molar-refractivity contribution in [1.29, 1.82) is 0 Å². The van der Waals surface area contributed by atoms with Gasteiger partial charge in [0.1, 0.15) is 6.61 Å². The molecule has 0 amide bonds. The van der Waals surface area contributed by atoms with Crippen LogP contribution in [0.4, 0.5) is 0 Å². The Morgan fingerprint density at radius 2 is 0.646 bits per heavy atom. The van der Waals surface area contributed by atoms with Crippen LogP contribution in [-0.4, -0.2) is 41.0 Å². The van der Waals surface area contributed by atoms with E-state index in [9.17, 15) is 14.2 Å². The molecule has 8 nitrogen and oxygen atoms in total. The number of carbonyl (C=O) groups excluding carboxylic acids is 2. The predicted octanol–water partition coefficient (Wildman–Crippen LogP) is 18.5. The van der Waals surface area contributed by atoms with Gasteiger partial charge in [0.25, 0.3) is 0 Å². The fourth-order valence-electron chi connectivity index (χ4n) is 8.79. The Balaban J connectivity index is 3.72. The molecule has 0 saturated carbocycles. The van der Waals surface area contributed by atoms with Gasteiger partial charge in [-0.25, -0.2) is 4.57 Å². The van der Waals surface area contributed by atoms with Crippen LogP contribution in [0.3, 0.4) is 0 Å². The van der Waals surface area contributed by atoms with Crippen LogP contribution in [0.2, 0.25) is 0 Å². The molecule has 1 unspecified atom stereocenters. The molecule has 0 heterocycles. The Morgan fingerprint density at radius 1 is 0.385 bits per heavy atom. The molecule has 0 aliphatic rings. The first-order valence-electron chi connectivity index (χ1n) is 28.5. The minimum atomic E-state index is -4.76. The molecule has 0 rings (SSSR count). The molecular formula is C56H109O8P. The van der Waals surface area contributed by atoms with Crippen LogP contribution in [0.1, 0.15) is 316 Å². The summed E-state index contributed by atoms with van der Waals surface area (Å²) in [6, 6.07) is 0. The second kappa shape index (κ2) is 52.2. The predicted molar refractivity (Wildman–Crippen MR) is 276 cm³/mol. The maximum absolute atomic E-state index is 12.5. The average molecular weight is 941 g/mol. The molecule has 0 aromatic rings. The quantitative estimate of drug-likeness (QED) is 0.0268. The summed E-state index contributed by atoms with van der Waals surface area (Å²) in [6.07, 6.45) is 62.5. The Hall–Kier alpha value is -1.21. The average Bonchev–Trinajstić information content (AvgIpc) is 3.28. The second-order valence-corrected chi connectivity index (χ2v) is 20.9. The molecule has 65 heavy (non-hydrogen) atoms. The highest BCUT2D eigenvalue weighted by Gasteiger charge is 2.23. The molecule has 0 spiro atoms. The summed E-state index contributed by atoms with van der Waals surface area (Å²) in [7, 11) is -4.76. The monoisotopic (exact) mass is 941 g/mol. The van der Waals surface area contributed by atoms with Gasteiger partial charge in [0.05, 0.1) is 6.61 Å². The highest BCUT2D eigenvalue weighted by atomic mass is 31.2. The van der Waals surface area contributed by atoms with E-state index in [1.165, 1.54) is 244 Å². The molecule has 0 radical (unpaired) electrons. The van der Waals surface area contributed by atoms with Crippen molar-refractivity contribution in [1.82, 2.24) is 0 Å². The first-order valence-corrected chi connectivity index (χ1v) is 30.0. The van der Waals surface area contributed by atoms with E-state index in [-0.39, 0.29) is 19.4 Å². The van der Waals surface area contributed by atoms with Gasteiger partial charge >= 0.3 is 19.8 Å². The number of carbonyl (C=O) groups is 2. The van der Waals surface area contributed by atoms with Crippen LogP contribution in [0.25, 0.3) is 0 Å². The number of hydrogen-bond donors (Lipinski definition) is 2. The van der Waals surface area contributed by atoms with Crippen molar-refractivity contribution in [2.24, 2.45) is 0 Å². The number of rotatable bonds is 54. The third-order valence-electron chi connectivity index (χ3n) is 13.0. The van der Waals surface area contributed by atoms with Gasteiger partial charge in [-0.3, -0.25) is 14.1 Å². The molecule has 2 N–H and O–H groups in total. The maximum atomic E-state index is 12.5. The van der Waals surface area contributed by atoms with Crippen LogP contribution in [0, 0.1) is 0 Å². The summed E-state index contributed by atoms with van der Waals surface area (Å²) < 4.78 is 26.6. The largest absolute Gasteiger partial charge is 0.469 e. The number of phosphoric ester groups is 1. The summed E-state index contributed by atoms with van der Waals surface area (Å²) in [4.78, 5) is 43.2. The highest BCUT2D eigenvalue weighted by molar-refractivity contribution is 7.46. The molecule has 0 aliphatic heterocycles. The standard InChI is InChI=1S/C56H109O8P/c1-3-5-7-9-11-13-15-17-19-21-23-25-27-29-30-32-34-36-38-40-42-44-46-48-50-55(57)62-52-54(53-63-65(59,60)61)64-56(58)51-49-47-45-43-41-39-37-35-33-31-28-26-24-22-20-18-16-14-12-10-8-6-4-2/h22,24,54H,3-21,23,25-53H2,1-2H3,(H2,59,60,61)/b24-22-. The molecule has 0 aliphatic carbocycles. The molecule has 0 bridgehead atoms. The summed E-state index contributed by atoms with van der Waals surface area (Å²) in [6.45, 7) is 3.76. The van der Waals surface area contributed by atoms with Crippen molar-refractivity contribution in [2.75, 3.05) is 13.2 Å². The normalized spacial score (nSPS) is 12.4. The maximum Gasteiger partial charge on any atom is 0.469 e. The smallest absolute Gasteiger partial charge is 0.462 e. The van der Waals surface area contributed by atoms with Gasteiger partial charge < -0.3 is 19.3 Å². The van der Waals surface area contributed by atoms with Gasteiger partial charge in [0.15, 0.2) is 6.10 Å². The topological polar surface area (TPSA) is 119 Å². The summed E-state index contributed by atoms with van der Waals surface area (Å²) in [5.41, 5.74) is 0. The summed E-state index contributed by atoms with van der Waals surface area (Å²) in [5.74, 6) is -0.863. The lowest BCUT2D eigenvalue weighted by molar-refractivity contribution is -0.161. The third-order valence-corrected chi connectivity index (χ3v) is 13.5. The summed E-state index contributed by atoms with van der Waals surface area (Å²) >= 11 is 0. The molecule has 0 fully saturated rings. The van der Waals surface area contributed by atoms with E-state index in [0.717, 1.165) is 38.5 Å². The fourth-order valence-corrected chi connectivity index (χ4v) is 9.15. The van der Waals surface area contributed by atoms with Crippen LogP contribution < -0.4 is 0 Å². The lowest BCUT2D eigenvalue weighted by Crippen LogP contribution is -2.29. The minimum absolute atomic E-state index is 0.217. The molecule has 0 aromatic carbocycles. The number of ether oxygens (including phenoxy) is 2. The Bertz CT molecular complexity index is 1060. The Morgan fingerprint density at radius 3 is 0.938 bits per heavy atom. The zero-order valence-corrected chi connectivity index (χ0v) is 44.1. The zero-order chi connectivity index (χ0) is 47.4. The number of esters is 2. The van der Waals surface area contributed by atoms with Crippen LogP contribution in [-0.2, 0) is 28.2 Å². The molecule has 9 heteroatoms. The van der Waals surface area contributed by atoms with E-state index in [2.05, 4.69) is 30.5 Å². The molecule has 1 atom stereocenters. The molecule has 0 aromatic heterocycles. The second-order valence-electron chi connectivity index (χ2n) is 19.6. The van der Waals surface area contributed by atoms with Gasteiger partial charge in [0, 0.05) is 12.8 Å². The Labute approximate surface area is 403 Å². The van der Waals surface area contributed by atoms with Crippen LogP contribution in [0.5, 0.6) is 0 Å². The van der Waals surface area contributed by atoms with Gasteiger partial charge in [-0.1, -0.05) is 276 Å². The summed E-state index contributed by atoms with van der Waals surface area (Å²) in [5, 5.41) is 0. The fraction of sp³-hybridized carbons (Fsp3) is 0.929. The van der Waals surface area contributed by atoms with Crippen molar-refractivity contribution in [3.05, 3.63) is 12.2 Å². The third kappa shape index (κ3) is 55.3. The first kappa shape index (κ1) is 63.8. The number of hydrogen-bond acceptors (Lipinski definition) is 6. The minimum Gasteiger partial charge on any atom is -0.462 e. The van der Waals surface area contributed by atoms with E-state index in [0.29, 0.717) is 6.42 Å². The first-order chi connectivity index (χ1) is 31.8.